The quantitative estimate of drug-likeness (QED) is 0.368. The topological polar surface area (TPSA) is 35.5 Å². The maximum absolute atomic E-state index is 10.8. The van der Waals surface area contributed by atoms with E-state index in [0.717, 1.165) is 0 Å². The molecule has 4 heteroatoms. The molecule has 0 aliphatic heterocycles. The molecule has 0 aromatic rings. The van der Waals surface area contributed by atoms with Gasteiger partial charge >= 0.3 is 5.97 Å². The molecular weight excluding hydrogens is 184 g/mol. The third kappa shape index (κ3) is 4.24. The normalized spacial score (nSPS) is 13.8. The Morgan fingerprint density at radius 1 is 1.69 bits per heavy atom. The highest BCUT2D eigenvalue weighted by molar-refractivity contribution is 5.98. The van der Waals surface area contributed by atoms with Gasteiger partial charge in [-0.05, 0) is 13.8 Å². The highest BCUT2D eigenvalue weighted by Crippen LogP contribution is 2.19. The summed E-state index contributed by atoms with van der Waals surface area (Å²) in [5, 5.41) is 0. The Labute approximate surface area is 82.7 Å². The van der Waals surface area contributed by atoms with Crippen molar-refractivity contribution >= 4 is 16.5 Å². The van der Waals surface area contributed by atoms with Gasteiger partial charge in [0.1, 0.15) is 10.5 Å². The van der Waals surface area contributed by atoms with Gasteiger partial charge in [-0.15, -0.1) is 0 Å². The van der Waals surface area contributed by atoms with E-state index in [-0.39, 0.29) is 17.5 Å². The van der Waals surface area contributed by atoms with Crippen molar-refractivity contribution in [3.63, 3.8) is 0 Å². The van der Waals surface area contributed by atoms with E-state index in [1.54, 1.807) is 0 Å². The van der Waals surface area contributed by atoms with Crippen molar-refractivity contribution in [1.29, 1.82) is 0 Å². The van der Waals surface area contributed by atoms with Crippen LogP contribution in [0, 0.1) is 5.92 Å². The second-order valence-corrected chi connectivity index (χ2v) is 3.95. The van der Waals surface area contributed by atoms with E-state index in [4.69, 9.17) is 9.16 Å². The predicted molar refractivity (Wildman–Crippen MR) is 55.4 cm³/mol. The third-order valence-electron chi connectivity index (χ3n) is 2.36. The van der Waals surface area contributed by atoms with Gasteiger partial charge in [-0.25, -0.2) is 4.79 Å². The molecule has 0 fully saturated rings. The number of rotatable bonds is 5. The van der Waals surface area contributed by atoms with Crippen molar-refractivity contribution in [3.8, 4) is 0 Å². The van der Waals surface area contributed by atoms with E-state index in [1.807, 2.05) is 20.8 Å². The summed E-state index contributed by atoms with van der Waals surface area (Å²) in [4.78, 5) is 10.8. The number of esters is 1. The van der Waals surface area contributed by atoms with Gasteiger partial charge in [0.05, 0.1) is 12.2 Å². The van der Waals surface area contributed by atoms with Gasteiger partial charge in [-0.3, -0.25) is 0 Å². The molecule has 3 nitrogen and oxygen atoms in total. The fraction of sp³-hybridized carbons (Fsp3) is 0.667. The molecule has 0 aromatic heterocycles. The van der Waals surface area contributed by atoms with Gasteiger partial charge in [-0.1, -0.05) is 13.5 Å². The van der Waals surface area contributed by atoms with Gasteiger partial charge in [0.25, 0.3) is 0 Å². The minimum Gasteiger partial charge on any atom is -0.462 e. The molecule has 13 heavy (non-hydrogen) atoms. The molecule has 0 aromatic carbocycles. The smallest absolute Gasteiger partial charge is 0.330 e. The Hall–Kier alpha value is -0.613. The van der Waals surface area contributed by atoms with Crippen LogP contribution in [-0.4, -0.2) is 28.7 Å². The van der Waals surface area contributed by atoms with Crippen LogP contribution in [0.4, 0.5) is 0 Å². The summed E-state index contributed by atoms with van der Waals surface area (Å²) < 4.78 is 10.3. The largest absolute Gasteiger partial charge is 0.462 e. The van der Waals surface area contributed by atoms with Crippen LogP contribution in [0.15, 0.2) is 12.7 Å². The van der Waals surface area contributed by atoms with E-state index >= 15 is 0 Å². The fourth-order valence-corrected chi connectivity index (χ4v) is 1.07. The summed E-state index contributed by atoms with van der Waals surface area (Å²) in [6.07, 6.45) is 1.17. The second-order valence-electron chi connectivity index (χ2n) is 3.54. The van der Waals surface area contributed by atoms with Crippen LogP contribution in [0.25, 0.3) is 0 Å². The Balaban J connectivity index is 3.93. The first-order valence-electron chi connectivity index (χ1n) is 4.28. The minimum atomic E-state index is -0.379. The van der Waals surface area contributed by atoms with Gasteiger partial charge in [0, 0.05) is 12.0 Å². The number of carbonyl (C=O) groups excluding carboxylic acids is 1. The van der Waals surface area contributed by atoms with Gasteiger partial charge in [0.2, 0.25) is 0 Å². The fourth-order valence-electron chi connectivity index (χ4n) is 0.668. The molecule has 1 atom stereocenters. The minimum absolute atomic E-state index is 0.189. The SMILES string of the molecule is C=CC(=O)OCC(C)C(C)(C)O[SiH3]. The molecule has 0 bridgehead atoms. The highest BCUT2D eigenvalue weighted by Gasteiger charge is 2.25. The van der Waals surface area contributed by atoms with E-state index in [1.165, 1.54) is 6.08 Å². The van der Waals surface area contributed by atoms with Crippen LogP contribution in [0.1, 0.15) is 20.8 Å². The number of hydrogen-bond donors (Lipinski definition) is 0. The van der Waals surface area contributed by atoms with Crippen LogP contribution < -0.4 is 0 Å². The van der Waals surface area contributed by atoms with E-state index in [2.05, 4.69) is 6.58 Å². The van der Waals surface area contributed by atoms with Crippen molar-refractivity contribution < 1.29 is 14.0 Å². The Morgan fingerprint density at radius 3 is 2.62 bits per heavy atom. The van der Waals surface area contributed by atoms with E-state index in [9.17, 15) is 4.79 Å². The molecule has 0 radical (unpaired) electrons. The molecule has 76 valence electrons. The van der Waals surface area contributed by atoms with Crippen LogP contribution in [0.3, 0.4) is 0 Å². The first kappa shape index (κ1) is 12.4. The highest BCUT2D eigenvalue weighted by atomic mass is 28.2. The third-order valence-corrected chi connectivity index (χ3v) is 3.41. The lowest BCUT2D eigenvalue weighted by atomic mass is 9.94. The van der Waals surface area contributed by atoms with Crippen molar-refractivity contribution in [2.24, 2.45) is 5.92 Å². The first-order chi connectivity index (χ1) is 5.94. The lowest BCUT2D eigenvalue weighted by Gasteiger charge is -2.30. The van der Waals surface area contributed by atoms with Gasteiger partial charge in [0.15, 0.2) is 0 Å². The molecule has 0 heterocycles. The maximum Gasteiger partial charge on any atom is 0.330 e. The molecule has 0 saturated heterocycles. The zero-order valence-corrected chi connectivity index (χ0v) is 10.8. The van der Waals surface area contributed by atoms with Crippen LogP contribution in [0.2, 0.25) is 0 Å². The molecule has 0 spiro atoms. The second kappa shape index (κ2) is 5.19. The summed E-state index contributed by atoms with van der Waals surface area (Å²) in [5.41, 5.74) is -0.215. The van der Waals surface area contributed by atoms with Crippen molar-refractivity contribution in [2.75, 3.05) is 6.61 Å². The van der Waals surface area contributed by atoms with Crippen LogP contribution in [0.5, 0.6) is 0 Å². The molecule has 0 aliphatic rings. The Morgan fingerprint density at radius 2 is 2.23 bits per heavy atom. The molecular formula is C9H18O3Si. The van der Waals surface area contributed by atoms with Crippen molar-refractivity contribution in [1.82, 2.24) is 0 Å². The molecule has 0 aliphatic carbocycles. The summed E-state index contributed by atoms with van der Waals surface area (Å²) in [6.45, 7) is 9.68. The maximum atomic E-state index is 10.8. The van der Waals surface area contributed by atoms with E-state index < -0.39 is 0 Å². The van der Waals surface area contributed by atoms with Crippen LogP contribution >= 0.6 is 0 Å². The molecule has 0 saturated carbocycles. The van der Waals surface area contributed by atoms with Crippen LogP contribution in [-0.2, 0) is 14.0 Å². The van der Waals surface area contributed by atoms with Gasteiger partial charge < -0.3 is 9.16 Å². The van der Waals surface area contributed by atoms with Crippen molar-refractivity contribution in [2.45, 2.75) is 26.4 Å². The Bertz CT molecular complexity index is 189. The average Bonchev–Trinajstić information content (AvgIpc) is 2.13. The average molecular weight is 202 g/mol. The zero-order valence-electron chi connectivity index (χ0n) is 8.79. The number of hydrogen-bond acceptors (Lipinski definition) is 3. The summed E-state index contributed by atoms with van der Waals surface area (Å²) in [6, 6.07) is 0. The Kier molecular flexibility index (Phi) is 4.94. The summed E-state index contributed by atoms with van der Waals surface area (Å²) in [5.74, 6) is -0.190. The van der Waals surface area contributed by atoms with Crippen molar-refractivity contribution in [3.05, 3.63) is 12.7 Å². The first-order valence-corrected chi connectivity index (χ1v) is 5.10. The number of ether oxygens (including phenoxy) is 1. The molecule has 0 rings (SSSR count). The molecule has 0 amide bonds. The molecule has 1 unspecified atom stereocenters. The zero-order chi connectivity index (χ0) is 10.5. The monoisotopic (exact) mass is 202 g/mol. The summed E-state index contributed by atoms with van der Waals surface area (Å²) >= 11 is 0. The standard InChI is InChI=1S/C9H18O3Si/c1-5-8(10)11-6-7(2)9(3,4)12-13/h5,7H,1,6H2,2-4,13H3. The van der Waals surface area contributed by atoms with Gasteiger partial charge in [-0.2, -0.15) is 0 Å². The predicted octanol–water partition coefficient (Wildman–Crippen LogP) is 0.427. The lowest BCUT2D eigenvalue weighted by Crippen LogP contribution is -2.35. The number of carbonyl (C=O) groups is 1. The lowest BCUT2D eigenvalue weighted by molar-refractivity contribution is -0.140. The molecule has 0 N–H and O–H groups in total. The summed E-state index contributed by atoms with van der Waals surface area (Å²) in [7, 11) is 0.689. The van der Waals surface area contributed by atoms with E-state index in [0.29, 0.717) is 17.1 Å².